The quantitative estimate of drug-likeness (QED) is 0.823. The van der Waals surface area contributed by atoms with Crippen molar-refractivity contribution in [3.05, 3.63) is 46.9 Å². The highest BCUT2D eigenvalue weighted by Gasteiger charge is 2.12. The Balaban J connectivity index is 1.86. The van der Waals surface area contributed by atoms with Crippen LogP contribution in [0, 0.1) is 12.7 Å². The van der Waals surface area contributed by atoms with Crippen molar-refractivity contribution >= 4 is 0 Å². The van der Waals surface area contributed by atoms with Gasteiger partial charge in [-0.1, -0.05) is 12.1 Å². The van der Waals surface area contributed by atoms with Crippen LogP contribution >= 0.6 is 0 Å². The summed E-state index contributed by atoms with van der Waals surface area (Å²) >= 11 is 0. The third-order valence-electron chi connectivity index (χ3n) is 3.29. The molecule has 1 aromatic carbocycles. The number of methoxy groups -OCH3 is 1. The molecular weight excluding hydrogens is 257 g/mol. The molecule has 1 heterocycles. The third kappa shape index (κ3) is 3.36. The zero-order valence-electron chi connectivity index (χ0n) is 12.1. The Morgan fingerprint density at radius 3 is 2.65 bits per heavy atom. The summed E-state index contributed by atoms with van der Waals surface area (Å²) in [6.07, 6.45) is 0.863. The summed E-state index contributed by atoms with van der Waals surface area (Å²) in [7, 11) is 3.52. The Morgan fingerprint density at radius 2 is 2.00 bits per heavy atom. The SMILES string of the molecule is COc1c(CNCCc2ccc(F)cc2)c(C)nn1C. The highest BCUT2D eigenvalue weighted by Crippen LogP contribution is 2.20. The fourth-order valence-electron chi connectivity index (χ4n) is 2.24. The van der Waals surface area contributed by atoms with Gasteiger partial charge in [0.15, 0.2) is 0 Å². The number of hydrogen-bond acceptors (Lipinski definition) is 3. The highest BCUT2D eigenvalue weighted by molar-refractivity contribution is 5.30. The molecule has 0 radical (unpaired) electrons. The van der Waals surface area contributed by atoms with Crippen molar-refractivity contribution < 1.29 is 9.13 Å². The number of halogens is 1. The van der Waals surface area contributed by atoms with Crippen LogP contribution in [0.2, 0.25) is 0 Å². The molecule has 1 N–H and O–H groups in total. The standard InChI is InChI=1S/C15H20FN3O/c1-11-14(15(20-3)19(2)18-11)10-17-9-8-12-4-6-13(16)7-5-12/h4-7,17H,8-10H2,1-3H3. The van der Waals surface area contributed by atoms with Crippen LogP contribution in [0.3, 0.4) is 0 Å². The molecule has 5 heteroatoms. The molecule has 1 aromatic heterocycles. The maximum absolute atomic E-state index is 12.8. The number of benzene rings is 1. The molecule has 0 unspecified atom stereocenters. The van der Waals surface area contributed by atoms with E-state index in [1.165, 1.54) is 12.1 Å². The molecule has 20 heavy (non-hydrogen) atoms. The number of nitrogens with zero attached hydrogens (tertiary/aromatic N) is 2. The maximum Gasteiger partial charge on any atom is 0.216 e. The Kier molecular flexibility index (Phi) is 4.74. The predicted molar refractivity (Wildman–Crippen MR) is 76.3 cm³/mol. The molecule has 0 bridgehead atoms. The van der Waals surface area contributed by atoms with Gasteiger partial charge in [-0.3, -0.25) is 0 Å². The van der Waals surface area contributed by atoms with Crippen molar-refractivity contribution in [2.75, 3.05) is 13.7 Å². The molecule has 0 aliphatic rings. The summed E-state index contributed by atoms with van der Waals surface area (Å²) in [4.78, 5) is 0. The van der Waals surface area contributed by atoms with E-state index >= 15 is 0 Å². The van der Waals surface area contributed by atoms with Crippen molar-refractivity contribution in [2.24, 2.45) is 7.05 Å². The first-order valence-electron chi connectivity index (χ1n) is 6.63. The lowest BCUT2D eigenvalue weighted by atomic mass is 10.1. The van der Waals surface area contributed by atoms with Crippen molar-refractivity contribution in [1.29, 1.82) is 0 Å². The van der Waals surface area contributed by atoms with Crippen LogP contribution in [-0.2, 0) is 20.0 Å². The summed E-state index contributed by atoms with van der Waals surface area (Å²) in [6.45, 7) is 3.51. The van der Waals surface area contributed by atoms with E-state index in [-0.39, 0.29) is 5.82 Å². The van der Waals surface area contributed by atoms with Crippen LogP contribution in [0.15, 0.2) is 24.3 Å². The van der Waals surface area contributed by atoms with Crippen LogP contribution in [0.25, 0.3) is 0 Å². The Bertz CT molecular complexity index is 563. The van der Waals surface area contributed by atoms with Gasteiger partial charge in [0.25, 0.3) is 0 Å². The van der Waals surface area contributed by atoms with E-state index in [1.54, 1.807) is 11.8 Å². The smallest absolute Gasteiger partial charge is 0.216 e. The fraction of sp³-hybridized carbons (Fsp3) is 0.400. The molecule has 0 aliphatic carbocycles. The van der Waals surface area contributed by atoms with E-state index in [0.29, 0.717) is 6.54 Å². The number of rotatable bonds is 6. The largest absolute Gasteiger partial charge is 0.481 e. The van der Waals surface area contributed by atoms with E-state index in [2.05, 4.69) is 10.4 Å². The van der Waals surface area contributed by atoms with Crippen LogP contribution in [-0.4, -0.2) is 23.4 Å². The minimum Gasteiger partial charge on any atom is -0.481 e. The molecule has 2 aromatic rings. The van der Waals surface area contributed by atoms with Gasteiger partial charge in [-0.2, -0.15) is 5.10 Å². The number of aryl methyl sites for hydroxylation is 2. The van der Waals surface area contributed by atoms with Crippen LogP contribution < -0.4 is 10.1 Å². The van der Waals surface area contributed by atoms with E-state index in [4.69, 9.17) is 4.74 Å². The van der Waals surface area contributed by atoms with Crippen molar-refractivity contribution in [3.63, 3.8) is 0 Å². The summed E-state index contributed by atoms with van der Waals surface area (Å²) in [5.74, 6) is 0.592. The minimum absolute atomic E-state index is 0.197. The lowest BCUT2D eigenvalue weighted by molar-refractivity contribution is 0.368. The van der Waals surface area contributed by atoms with E-state index in [9.17, 15) is 4.39 Å². The van der Waals surface area contributed by atoms with E-state index < -0.39 is 0 Å². The molecule has 0 saturated carbocycles. The van der Waals surface area contributed by atoms with Gasteiger partial charge in [0.2, 0.25) is 5.88 Å². The molecular formula is C15H20FN3O. The molecule has 4 nitrogen and oxygen atoms in total. The third-order valence-corrected chi connectivity index (χ3v) is 3.29. The van der Waals surface area contributed by atoms with Gasteiger partial charge >= 0.3 is 0 Å². The monoisotopic (exact) mass is 277 g/mol. The van der Waals surface area contributed by atoms with Gasteiger partial charge in [0.1, 0.15) is 5.82 Å². The van der Waals surface area contributed by atoms with Crippen LogP contribution in [0.1, 0.15) is 16.8 Å². The second-order valence-corrected chi connectivity index (χ2v) is 4.75. The molecule has 0 fully saturated rings. The van der Waals surface area contributed by atoms with Gasteiger partial charge < -0.3 is 10.1 Å². The van der Waals surface area contributed by atoms with E-state index in [0.717, 1.165) is 35.7 Å². The molecule has 0 atom stereocenters. The first-order valence-corrected chi connectivity index (χ1v) is 6.63. The molecule has 2 rings (SSSR count). The number of aromatic nitrogens is 2. The zero-order chi connectivity index (χ0) is 14.5. The summed E-state index contributed by atoms with van der Waals surface area (Å²) in [5.41, 5.74) is 3.17. The lowest BCUT2D eigenvalue weighted by Gasteiger charge is -2.07. The fourth-order valence-corrected chi connectivity index (χ4v) is 2.24. The van der Waals surface area contributed by atoms with Crippen LogP contribution in [0.4, 0.5) is 4.39 Å². The summed E-state index contributed by atoms with van der Waals surface area (Å²) < 4.78 is 19.9. The number of nitrogens with one attached hydrogen (secondary N) is 1. The predicted octanol–water partition coefficient (Wildman–Crippen LogP) is 2.21. The van der Waals surface area contributed by atoms with Crippen LogP contribution in [0.5, 0.6) is 5.88 Å². The zero-order valence-corrected chi connectivity index (χ0v) is 12.1. The average Bonchev–Trinajstić information content (AvgIpc) is 2.70. The van der Waals surface area contributed by atoms with Gasteiger partial charge in [-0.15, -0.1) is 0 Å². The molecule has 0 spiro atoms. The average molecular weight is 277 g/mol. The van der Waals surface area contributed by atoms with Gasteiger partial charge in [0, 0.05) is 13.6 Å². The van der Waals surface area contributed by atoms with Crippen molar-refractivity contribution in [2.45, 2.75) is 19.9 Å². The summed E-state index contributed by atoms with van der Waals surface area (Å²) in [5, 5.41) is 7.71. The second kappa shape index (κ2) is 6.52. The van der Waals surface area contributed by atoms with E-state index in [1.807, 2.05) is 26.1 Å². The molecule has 0 aliphatic heterocycles. The minimum atomic E-state index is -0.197. The first kappa shape index (κ1) is 14.5. The number of hydrogen-bond donors (Lipinski definition) is 1. The lowest BCUT2D eigenvalue weighted by Crippen LogP contribution is -2.17. The maximum atomic E-state index is 12.8. The Hall–Kier alpha value is -1.88. The molecule has 0 saturated heterocycles. The van der Waals surface area contributed by atoms with Crippen molar-refractivity contribution in [3.8, 4) is 5.88 Å². The number of ether oxygens (including phenoxy) is 1. The van der Waals surface area contributed by atoms with Gasteiger partial charge in [-0.05, 0) is 37.6 Å². The Morgan fingerprint density at radius 1 is 1.30 bits per heavy atom. The normalized spacial score (nSPS) is 10.8. The second-order valence-electron chi connectivity index (χ2n) is 4.75. The topological polar surface area (TPSA) is 39.1 Å². The first-order chi connectivity index (χ1) is 9.61. The van der Waals surface area contributed by atoms with Gasteiger partial charge in [0.05, 0.1) is 18.4 Å². The Labute approximate surface area is 118 Å². The molecule has 0 amide bonds. The molecule has 108 valence electrons. The van der Waals surface area contributed by atoms with Crippen molar-refractivity contribution in [1.82, 2.24) is 15.1 Å². The highest BCUT2D eigenvalue weighted by atomic mass is 19.1. The van der Waals surface area contributed by atoms with Gasteiger partial charge in [-0.25, -0.2) is 9.07 Å². The summed E-state index contributed by atoms with van der Waals surface area (Å²) in [6, 6.07) is 6.60.